The van der Waals surface area contributed by atoms with Gasteiger partial charge in [0, 0.05) is 28.9 Å². The highest BCUT2D eigenvalue weighted by Gasteiger charge is 2.19. The van der Waals surface area contributed by atoms with Crippen LogP contribution in [0.15, 0.2) is 48.5 Å². The van der Waals surface area contributed by atoms with Crippen LogP contribution in [0.2, 0.25) is 0 Å². The van der Waals surface area contributed by atoms with E-state index in [0.29, 0.717) is 16.8 Å². The van der Waals surface area contributed by atoms with Crippen LogP contribution in [0.25, 0.3) is 0 Å². The molecule has 36 heavy (non-hydrogen) atoms. The molecule has 2 aromatic carbocycles. The molecule has 0 radical (unpaired) electrons. The van der Waals surface area contributed by atoms with Crippen molar-refractivity contribution in [3.05, 3.63) is 65.2 Å². The molecule has 0 unspecified atom stereocenters. The van der Waals surface area contributed by atoms with Crippen molar-refractivity contribution in [1.82, 2.24) is 21.0 Å². The molecule has 0 saturated heterocycles. The van der Waals surface area contributed by atoms with Crippen LogP contribution in [-0.4, -0.2) is 74.1 Å². The summed E-state index contributed by atoms with van der Waals surface area (Å²) in [5.41, 5.74) is 9.40. The average molecular weight is 495 g/mol. The van der Waals surface area contributed by atoms with E-state index in [4.69, 9.17) is 10.9 Å². The highest BCUT2D eigenvalue weighted by Crippen LogP contribution is 2.09. The summed E-state index contributed by atoms with van der Waals surface area (Å²) in [6, 6.07) is 12.7. The summed E-state index contributed by atoms with van der Waals surface area (Å²) in [4.78, 5) is 37.9. The van der Waals surface area contributed by atoms with Crippen LogP contribution in [0.3, 0.4) is 0 Å². The molecule has 3 amide bonds. The maximum Gasteiger partial charge on any atom is 0.267 e. The molecule has 2 rings (SSSR count). The van der Waals surface area contributed by atoms with Gasteiger partial charge in [-0.3, -0.25) is 19.6 Å². The lowest BCUT2D eigenvalue weighted by molar-refractivity contribution is -0.130. The summed E-state index contributed by atoms with van der Waals surface area (Å²) >= 11 is 0. The molecule has 7 N–H and O–H groups in total. The van der Waals surface area contributed by atoms with Crippen LogP contribution < -0.4 is 27.2 Å². The molecular formula is C26H34N6O4. The van der Waals surface area contributed by atoms with Gasteiger partial charge in [0.2, 0.25) is 5.91 Å². The molecule has 0 spiro atoms. The van der Waals surface area contributed by atoms with Crippen LogP contribution in [0.5, 0.6) is 0 Å². The van der Waals surface area contributed by atoms with E-state index >= 15 is 0 Å². The van der Waals surface area contributed by atoms with E-state index in [-0.39, 0.29) is 19.0 Å². The number of nitrogens with zero attached hydrogens (tertiary/aromatic N) is 1. The lowest BCUT2D eigenvalue weighted by Crippen LogP contribution is -2.50. The monoisotopic (exact) mass is 494 g/mol. The number of amides is 3. The Hall–Kier alpha value is -3.75. The van der Waals surface area contributed by atoms with Crippen molar-refractivity contribution >= 4 is 23.4 Å². The summed E-state index contributed by atoms with van der Waals surface area (Å²) in [7, 11) is 4.09. The van der Waals surface area contributed by atoms with Gasteiger partial charge in [0.15, 0.2) is 0 Å². The molecule has 0 aliphatic heterocycles. The topological polar surface area (TPSA) is 149 Å². The number of nitrogens with two attached hydrogens (primary N) is 1. The average Bonchev–Trinajstić information content (AvgIpc) is 2.88. The summed E-state index contributed by atoms with van der Waals surface area (Å²) < 4.78 is 0. The first-order valence-corrected chi connectivity index (χ1v) is 11.6. The minimum Gasteiger partial charge on any atom is -0.339 e. The van der Waals surface area contributed by atoms with Gasteiger partial charge in [0.05, 0.1) is 6.54 Å². The number of hydrogen-bond acceptors (Lipinski definition) is 7. The van der Waals surface area contributed by atoms with Crippen LogP contribution in [0.4, 0.5) is 5.69 Å². The maximum absolute atomic E-state index is 12.3. The van der Waals surface area contributed by atoms with Crippen molar-refractivity contribution in [2.45, 2.75) is 18.9 Å². The second-order valence-electron chi connectivity index (χ2n) is 8.38. The van der Waals surface area contributed by atoms with Crippen molar-refractivity contribution < 1.29 is 19.6 Å². The van der Waals surface area contributed by atoms with Crippen molar-refractivity contribution in [3.8, 4) is 11.8 Å². The van der Waals surface area contributed by atoms with Crippen molar-refractivity contribution in [1.29, 1.82) is 0 Å². The Labute approximate surface area is 211 Å². The first kappa shape index (κ1) is 28.5. The molecular weight excluding hydrogens is 460 g/mol. The summed E-state index contributed by atoms with van der Waals surface area (Å²) in [5, 5.41) is 17.1. The van der Waals surface area contributed by atoms with E-state index < -0.39 is 17.9 Å². The van der Waals surface area contributed by atoms with Gasteiger partial charge >= 0.3 is 0 Å². The highest BCUT2D eigenvalue weighted by molar-refractivity contribution is 5.97. The van der Waals surface area contributed by atoms with Gasteiger partial charge in [-0.1, -0.05) is 11.8 Å². The minimum atomic E-state index is -1.04. The predicted octanol–water partition coefficient (Wildman–Crippen LogP) is 0.519. The number of rotatable bonds is 12. The van der Waals surface area contributed by atoms with Crippen LogP contribution in [-0.2, 0) is 9.59 Å². The molecule has 0 saturated carbocycles. The Kier molecular flexibility index (Phi) is 12.1. The Morgan fingerprint density at radius 2 is 1.58 bits per heavy atom. The molecule has 0 aliphatic carbocycles. The van der Waals surface area contributed by atoms with Crippen molar-refractivity contribution in [2.24, 2.45) is 5.73 Å². The highest BCUT2D eigenvalue weighted by atomic mass is 16.5. The van der Waals surface area contributed by atoms with Crippen LogP contribution in [0, 0.1) is 11.8 Å². The van der Waals surface area contributed by atoms with Gasteiger partial charge in [-0.25, -0.2) is 5.48 Å². The fourth-order valence-corrected chi connectivity index (χ4v) is 3.12. The number of nitrogens with one attached hydrogen (secondary N) is 4. The number of benzene rings is 2. The fourth-order valence-electron chi connectivity index (χ4n) is 3.12. The third-order valence-electron chi connectivity index (χ3n) is 5.13. The number of hydrogen-bond donors (Lipinski definition) is 6. The lowest BCUT2D eigenvalue weighted by atomic mass is 10.1. The van der Waals surface area contributed by atoms with E-state index in [9.17, 15) is 14.4 Å². The summed E-state index contributed by atoms with van der Waals surface area (Å²) in [6.45, 7) is 1.95. The Morgan fingerprint density at radius 3 is 2.14 bits per heavy atom. The summed E-state index contributed by atoms with van der Waals surface area (Å²) in [5.74, 6) is 4.68. The molecule has 2 aromatic rings. The lowest BCUT2D eigenvalue weighted by Gasteiger charge is -2.14. The van der Waals surface area contributed by atoms with Gasteiger partial charge < -0.3 is 26.6 Å². The van der Waals surface area contributed by atoms with E-state index in [2.05, 4.69) is 32.7 Å². The Bertz CT molecular complexity index is 1060. The predicted molar refractivity (Wildman–Crippen MR) is 138 cm³/mol. The zero-order chi connectivity index (χ0) is 26.3. The van der Waals surface area contributed by atoms with E-state index in [1.54, 1.807) is 36.4 Å². The van der Waals surface area contributed by atoms with Gasteiger partial charge in [-0.15, -0.1) is 0 Å². The largest absolute Gasteiger partial charge is 0.339 e. The van der Waals surface area contributed by atoms with Crippen LogP contribution >= 0.6 is 0 Å². The third kappa shape index (κ3) is 10.2. The zero-order valence-corrected chi connectivity index (χ0v) is 20.6. The number of unbranched alkanes of at least 4 members (excludes halogenated alkanes) is 1. The number of hydroxylamine groups is 1. The first-order valence-electron chi connectivity index (χ1n) is 11.6. The van der Waals surface area contributed by atoms with Gasteiger partial charge in [0.1, 0.15) is 6.04 Å². The molecule has 192 valence electrons. The summed E-state index contributed by atoms with van der Waals surface area (Å²) in [6.07, 6.45) is 2.11. The molecule has 0 heterocycles. The van der Waals surface area contributed by atoms with E-state index in [1.807, 2.05) is 26.2 Å². The van der Waals surface area contributed by atoms with Gasteiger partial charge in [-0.05, 0) is 88.6 Å². The molecule has 10 heteroatoms. The normalized spacial score (nSPS) is 11.2. The third-order valence-corrected chi connectivity index (χ3v) is 5.13. The van der Waals surface area contributed by atoms with Crippen molar-refractivity contribution in [2.75, 3.05) is 45.6 Å². The maximum atomic E-state index is 12.3. The molecule has 0 aromatic heterocycles. The van der Waals surface area contributed by atoms with Gasteiger partial charge in [0.25, 0.3) is 11.8 Å². The standard InChI is InChI=1S/C26H34N6O4/c1-32(2)16-4-3-15-28-18-24(33)29-22-13-9-20(10-14-22)6-5-19-7-11-21(12-8-19)25(34)30-23(17-27)26(35)31-36/h7-14,23,28,36H,3-4,15-18,27H2,1-2H3,(H,29,33)(H,30,34)(H,31,35)/t23-/m0/s1. The molecule has 1 atom stereocenters. The quantitative estimate of drug-likeness (QED) is 0.109. The molecule has 0 bridgehead atoms. The Balaban J connectivity index is 1.82. The fraction of sp³-hybridized carbons (Fsp3) is 0.346. The van der Waals surface area contributed by atoms with Crippen LogP contribution in [0.1, 0.15) is 34.3 Å². The number of carbonyl (C=O) groups excluding carboxylic acids is 3. The minimum absolute atomic E-state index is 0.0969. The zero-order valence-electron chi connectivity index (χ0n) is 20.6. The molecule has 0 fully saturated rings. The second-order valence-corrected chi connectivity index (χ2v) is 8.38. The first-order chi connectivity index (χ1) is 17.3. The van der Waals surface area contributed by atoms with E-state index in [1.165, 1.54) is 5.48 Å². The molecule has 0 aliphatic rings. The Morgan fingerprint density at radius 1 is 0.972 bits per heavy atom. The molecule has 10 nitrogen and oxygen atoms in total. The second kappa shape index (κ2) is 15.3. The smallest absolute Gasteiger partial charge is 0.267 e. The van der Waals surface area contributed by atoms with Crippen molar-refractivity contribution in [3.63, 3.8) is 0 Å². The van der Waals surface area contributed by atoms with Gasteiger partial charge in [-0.2, -0.15) is 0 Å². The number of anilines is 1. The SMILES string of the molecule is CN(C)CCCCNCC(=O)Nc1ccc(C#Cc2ccc(C(=O)N[C@@H](CN)C(=O)NO)cc2)cc1. The van der Waals surface area contributed by atoms with E-state index in [0.717, 1.165) is 31.5 Å². The number of carbonyl (C=O) groups is 3.